The van der Waals surface area contributed by atoms with E-state index in [0.717, 1.165) is 13.1 Å². The molecule has 0 radical (unpaired) electrons. The zero-order chi connectivity index (χ0) is 17.3. The van der Waals surface area contributed by atoms with Crippen molar-refractivity contribution in [1.29, 1.82) is 0 Å². The molecule has 0 fully saturated rings. The van der Waals surface area contributed by atoms with Gasteiger partial charge in [-0.2, -0.15) is 0 Å². The van der Waals surface area contributed by atoms with E-state index < -0.39 is 21.5 Å². The second-order valence-corrected chi connectivity index (χ2v) is 7.31. The Balaban J connectivity index is 2.51. The first kappa shape index (κ1) is 19.4. The van der Waals surface area contributed by atoms with E-state index in [-0.39, 0.29) is 5.75 Å². The van der Waals surface area contributed by atoms with Crippen LogP contribution in [-0.2, 0) is 14.6 Å². The number of nitrogens with one attached hydrogen (secondary N) is 1. The number of carbonyl (C=O) groups is 1. The number of anilines is 1. The lowest BCUT2D eigenvalue weighted by atomic mass is 10.3. The summed E-state index contributed by atoms with van der Waals surface area (Å²) in [5.74, 6) is -0.321. The lowest BCUT2D eigenvalue weighted by Gasteiger charge is -2.17. The maximum Gasteiger partial charge on any atom is 0.239 e. The Kier molecular flexibility index (Phi) is 8.05. The first-order valence-corrected chi connectivity index (χ1v) is 9.67. The molecule has 0 atom stereocenters. The van der Waals surface area contributed by atoms with Crippen molar-refractivity contribution in [3.63, 3.8) is 0 Å². The summed E-state index contributed by atoms with van der Waals surface area (Å²) in [6.45, 7) is 8.46. The van der Waals surface area contributed by atoms with Crippen LogP contribution in [0.1, 0.15) is 20.8 Å². The maximum atomic E-state index is 12.0. The van der Waals surface area contributed by atoms with Crippen molar-refractivity contribution < 1.29 is 17.9 Å². The number of sulfone groups is 1. The van der Waals surface area contributed by atoms with E-state index >= 15 is 0 Å². The van der Waals surface area contributed by atoms with Crippen LogP contribution in [-0.4, -0.2) is 57.0 Å². The number of carbonyl (C=O) groups excluding carboxylic acids is 1. The van der Waals surface area contributed by atoms with E-state index in [1.807, 2.05) is 25.7 Å². The number of hydrogen-bond acceptors (Lipinski definition) is 5. The van der Waals surface area contributed by atoms with Crippen LogP contribution in [0.3, 0.4) is 0 Å². The van der Waals surface area contributed by atoms with Gasteiger partial charge in [0.05, 0.1) is 12.4 Å². The number of benzene rings is 1. The van der Waals surface area contributed by atoms with Crippen LogP contribution in [0.15, 0.2) is 24.3 Å². The van der Waals surface area contributed by atoms with Crippen LogP contribution in [0.5, 0.6) is 5.75 Å². The van der Waals surface area contributed by atoms with Crippen LogP contribution < -0.4 is 10.1 Å². The van der Waals surface area contributed by atoms with E-state index in [4.69, 9.17) is 4.74 Å². The molecule has 0 bridgehead atoms. The molecule has 1 aromatic carbocycles. The molecular formula is C16H26N2O4S. The van der Waals surface area contributed by atoms with Gasteiger partial charge in [0, 0.05) is 12.2 Å². The molecule has 1 amide bonds. The third-order valence-corrected chi connectivity index (χ3v) is 4.92. The monoisotopic (exact) mass is 342 g/mol. The average molecular weight is 342 g/mol. The molecule has 0 aromatic heterocycles. The van der Waals surface area contributed by atoms with Gasteiger partial charge in [-0.1, -0.05) is 13.8 Å². The predicted molar refractivity (Wildman–Crippen MR) is 92.7 cm³/mol. The molecular weight excluding hydrogens is 316 g/mol. The lowest BCUT2D eigenvalue weighted by molar-refractivity contribution is -0.113. The van der Waals surface area contributed by atoms with Gasteiger partial charge in [-0.25, -0.2) is 8.42 Å². The predicted octanol–water partition coefficient (Wildman–Crippen LogP) is 1.78. The normalized spacial score (nSPS) is 11.5. The van der Waals surface area contributed by atoms with Crippen LogP contribution >= 0.6 is 0 Å². The Morgan fingerprint density at radius 2 is 1.74 bits per heavy atom. The largest absolute Gasteiger partial charge is 0.494 e. The molecule has 6 nitrogen and oxygen atoms in total. The maximum absolute atomic E-state index is 12.0. The summed E-state index contributed by atoms with van der Waals surface area (Å²) in [7, 11) is -3.41. The molecule has 1 N–H and O–H groups in total. The second-order valence-electron chi connectivity index (χ2n) is 5.12. The zero-order valence-corrected chi connectivity index (χ0v) is 14.9. The van der Waals surface area contributed by atoms with Crippen molar-refractivity contribution in [2.75, 3.05) is 43.1 Å². The fourth-order valence-corrected chi connectivity index (χ4v) is 3.23. The minimum absolute atomic E-state index is 0.00855. The molecule has 7 heteroatoms. The molecule has 0 heterocycles. The standard InChI is InChI=1S/C16H26N2O4S/c1-4-18(5-2)11-12-23(20,21)13-16(19)17-14-7-9-15(10-8-14)22-6-3/h7-10H,4-6,11-13H2,1-3H3,(H,17,19). The molecule has 0 aliphatic heterocycles. The Bertz CT molecular complexity index is 581. The van der Waals surface area contributed by atoms with Gasteiger partial charge in [-0.15, -0.1) is 0 Å². The van der Waals surface area contributed by atoms with Crippen molar-refractivity contribution >= 4 is 21.4 Å². The topological polar surface area (TPSA) is 75.7 Å². The van der Waals surface area contributed by atoms with Gasteiger partial charge in [0.15, 0.2) is 9.84 Å². The summed E-state index contributed by atoms with van der Waals surface area (Å²) in [6, 6.07) is 6.83. The average Bonchev–Trinajstić information content (AvgIpc) is 2.50. The first-order chi connectivity index (χ1) is 10.9. The minimum Gasteiger partial charge on any atom is -0.494 e. The smallest absolute Gasteiger partial charge is 0.239 e. The highest BCUT2D eigenvalue weighted by atomic mass is 32.2. The van der Waals surface area contributed by atoms with Crippen molar-refractivity contribution in [2.24, 2.45) is 0 Å². The Hall–Kier alpha value is -1.60. The summed E-state index contributed by atoms with van der Waals surface area (Å²) in [4.78, 5) is 13.9. The highest BCUT2D eigenvalue weighted by Crippen LogP contribution is 2.15. The number of nitrogens with zero attached hydrogens (tertiary/aromatic N) is 1. The van der Waals surface area contributed by atoms with Crippen LogP contribution in [0.4, 0.5) is 5.69 Å². The van der Waals surface area contributed by atoms with E-state index in [2.05, 4.69) is 5.32 Å². The Morgan fingerprint density at radius 1 is 1.13 bits per heavy atom. The molecule has 0 saturated heterocycles. The molecule has 0 spiro atoms. The van der Waals surface area contributed by atoms with Crippen LogP contribution in [0, 0.1) is 0 Å². The summed E-state index contributed by atoms with van der Waals surface area (Å²) in [5.41, 5.74) is 0.553. The van der Waals surface area contributed by atoms with Gasteiger partial charge in [0.2, 0.25) is 5.91 Å². The molecule has 0 aliphatic carbocycles. The van der Waals surface area contributed by atoms with Crippen molar-refractivity contribution in [1.82, 2.24) is 4.90 Å². The van der Waals surface area contributed by atoms with Gasteiger partial charge >= 0.3 is 0 Å². The van der Waals surface area contributed by atoms with Crippen LogP contribution in [0.2, 0.25) is 0 Å². The van der Waals surface area contributed by atoms with Crippen molar-refractivity contribution in [3.8, 4) is 5.75 Å². The molecule has 0 unspecified atom stereocenters. The van der Waals surface area contributed by atoms with Gasteiger partial charge in [-0.3, -0.25) is 4.79 Å². The molecule has 0 aliphatic rings. The summed E-state index contributed by atoms with van der Waals surface area (Å²) in [5, 5.41) is 2.60. The molecule has 0 saturated carbocycles. The fraction of sp³-hybridized carbons (Fsp3) is 0.562. The van der Waals surface area contributed by atoms with Crippen LogP contribution in [0.25, 0.3) is 0 Å². The molecule has 130 valence electrons. The van der Waals surface area contributed by atoms with Gasteiger partial charge < -0.3 is 15.0 Å². The van der Waals surface area contributed by atoms with E-state index in [0.29, 0.717) is 24.6 Å². The summed E-state index contributed by atoms with van der Waals surface area (Å²) >= 11 is 0. The Morgan fingerprint density at radius 3 is 2.26 bits per heavy atom. The number of rotatable bonds is 10. The van der Waals surface area contributed by atoms with Crippen molar-refractivity contribution in [2.45, 2.75) is 20.8 Å². The Labute approximate surface area is 138 Å². The number of amides is 1. The van der Waals surface area contributed by atoms with Gasteiger partial charge in [0.25, 0.3) is 0 Å². The fourth-order valence-electron chi connectivity index (χ4n) is 2.08. The third-order valence-electron chi connectivity index (χ3n) is 3.41. The molecule has 1 aromatic rings. The van der Waals surface area contributed by atoms with E-state index in [9.17, 15) is 13.2 Å². The molecule has 1 rings (SSSR count). The van der Waals surface area contributed by atoms with Gasteiger partial charge in [-0.05, 0) is 44.3 Å². The minimum atomic E-state index is -3.41. The highest BCUT2D eigenvalue weighted by Gasteiger charge is 2.17. The number of hydrogen-bond donors (Lipinski definition) is 1. The first-order valence-electron chi connectivity index (χ1n) is 7.85. The van der Waals surface area contributed by atoms with Gasteiger partial charge in [0.1, 0.15) is 11.5 Å². The SMILES string of the molecule is CCOc1ccc(NC(=O)CS(=O)(=O)CCN(CC)CC)cc1. The molecule has 23 heavy (non-hydrogen) atoms. The lowest BCUT2D eigenvalue weighted by Crippen LogP contribution is -2.32. The number of ether oxygens (including phenoxy) is 1. The summed E-state index contributed by atoms with van der Waals surface area (Å²) < 4.78 is 29.3. The third kappa shape index (κ3) is 7.47. The van der Waals surface area contributed by atoms with E-state index in [1.54, 1.807) is 24.3 Å². The zero-order valence-electron chi connectivity index (χ0n) is 14.0. The summed E-state index contributed by atoms with van der Waals surface area (Å²) in [6.07, 6.45) is 0. The quantitative estimate of drug-likeness (QED) is 0.701. The highest BCUT2D eigenvalue weighted by molar-refractivity contribution is 7.92. The van der Waals surface area contributed by atoms with E-state index in [1.165, 1.54) is 0 Å². The second kappa shape index (κ2) is 9.52. The van der Waals surface area contributed by atoms with Crippen molar-refractivity contribution in [3.05, 3.63) is 24.3 Å².